The Bertz CT molecular complexity index is 1190. The van der Waals surface area contributed by atoms with Crippen LogP contribution in [0.1, 0.15) is 36.1 Å². The highest BCUT2D eigenvalue weighted by molar-refractivity contribution is 7.99. The second-order valence-corrected chi connectivity index (χ2v) is 9.18. The number of carbonyl (C=O) groups is 2. The Kier molecular flexibility index (Phi) is 9.52. The molecule has 0 saturated carbocycles. The first kappa shape index (κ1) is 26.8. The Morgan fingerprint density at radius 1 is 1.08 bits per heavy atom. The standard InChI is InChI=1S/C26H31N5O4S/c1-6-14-31-24(23(17(2)3)28-25(33)18-10-12-20(34-4)13-11-18)29-30-26(31)36-16-22(32)27-19-8-7-9-21(15-19)35-5/h6-13,15,17,23H,1,14,16H2,2-5H3,(H,27,32)(H,28,33). The van der Waals surface area contributed by atoms with E-state index in [0.29, 0.717) is 40.3 Å². The van der Waals surface area contributed by atoms with Crippen LogP contribution in [0.5, 0.6) is 11.5 Å². The number of aromatic nitrogens is 3. The highest BCUT2D eigenvalue weighted by Crippen LogP contribution is 2.26. The van der Waals surface area contributed by atoms with Crippen LogP contribution in [-0.2, 0) is 11.3 Å². The summed E-state index contributed by atoms with van der Waals surface area (Å²) in [6.45, 7) is 8.27. The molecule has 10 heteroatoms. The smallest absolute Gasteiger partial charge is 0.251 e. The maximum atomic E-state index is 12.9. The molecule has 190 valence electrons. The molecule has 2 aromatic carbocycles. The summed E-state index contributed by atoms with van der Waals surface area (Å²) in [6.07, 6.45) is 1.73. The van der Waals surface area contributed by atoms with Crippen LogP contribution in [0.25, 0.3) is 0 Å². The van der Waals surface area contributed by atoms with Crippen LogP contribution in [0.3, 0.4) is 0 Å². The molecule has 36 heavy (non-hydrogen) atoms. The van der Waals surface area contributed by atoms with Crippen LogP contribution in [0.4, 0.5) is 5.69 Å². The topological polar surface area (TPSA) is 107 Å². The Hall–Kier alpha value is -3.79. The fraction of sp³-hybridized carbons (Fsp3) is 0.308. The van der Waals surface area contributed by atoms with E-state index in [1.54, 1.807) is 62.8 Å². The van der Waals surface area contributed by atoms with Gasteiger partial charge in [-0.1, -0.05) is 37.8 Å². The quantitative estimate of drug-likeness (QED) is 0.276. The highest BCUT2D eigenvalue weighted by atomic mass is 32.2. The number of hydrogen-bond donors (Lipinski definition) is 2. The number of rotatable bonds is 12. The molecule has 1 atom stereocenters. The highest BCUT2D eigenvalue weighted by Gasteiger charge is 2.26. The van der Waals surface area contributed by atoms with Crippen molar-refractivity contribution in [3.63, 3.8) is 0 Å². The molecule has 0 spiro atoms. The van der Waals surface area contributed by atoms with E-state index in [4.69, 9.17) is 9.47 Å². The van der Waals surface area contributed by atoms with Gasteiger partial charge >= 0.3 is 0 Å². The first-order valence-corrected chi connectivity index (χ1v) is 12.4. The van der Waals surface area contributed by atoms with Gasteiger partial charge in [0, 0.05) is 23.9 Å². The van der Waals surface area contributed by atoms with E-state index in [9.17, 15) is 9.59 Å². The van der Waals surface area contributed by atoms with Gasteiger partial charge in [-0.2, -0.15) is 0 Å². The molecule has 3 aromatic rings. The van der Waals surface area contributed by atoms with Crippen molar-refractivity contribution in [2.75, 3.05) is 25.3 Å². The molecule has 0 saturated heterocycles. The van der Waals surface area contributed by atoms with Gasteiger partial charge in [0.2, 0.25) is 5.91 Å². The zero-order valence-electron chi connectivity index (χ0n) is 20.9. The summed E-state index contributed by atoms with van der Waals surface area (Å²) in [5.74, 6) is 1.70. The second kappa shape index (κ2) is 12.8. The summed E-state index contributed by atoms with van der Waals surface area (Å²) in [4.78, 5) is 25.5. The molecule has 0 aliphatic rings. The number of anilines is 1. The first-order valence-electron chi connectivity index (χ1n) is 11.4. The van der Waals surface area contributed by atoms with Crippen LogP contribution < -0.4 is 20.1 Å². The number of amides is 2. The van der Waals surface area contributed by atoms with E-state index in [0.717, 1.165) is 0 Å². The maximum Gasteiger partial charge on any atom is 0.251 e. The third-order valence-corrected chi connectivity index (χ3v) is 6.29. The average Bonchev–Trinajstić information content (AvgIpc) is 3.28. The lowest BCUT2D eigenvalue weighted by molar-refractivity contribution is -0.113. The number of ether oxygens (including phenoxy) is 2. The molecule has 1 heterocycles. The molecule has 2 N–H and O–H groups in total. The fourth-order valence-electron chi connectivity index (χ4n) is 3.46. The number of hydrogen-bond acceptors (Lipinski definition) is 7. The van der Waals surface area contributed by atoms with Crippen molar-refractivity contribution in [2.24, 2.45) is 5.92 Å². The third-order valence-electron chi connectivity index (χ3n) is 5.33. The molecule has 1 unspecified atom stereocenters. The molecule has 0 aliphatic carbocycles. The van der Waals surface area contributed by atoms with Crippen molar-refractivity contribution in [3.05, 3.63) is 72.6 Å². The minimum absolute atomic E-state index is 0.0363. The van der Waals surface area contributed by atoms with Gasteiger partial charge in [-0.05, 0) is 42.3 Å². The van der Waals surface area contributed by atoms with E-state index in [2.05, 4.69) is 27.4 Å². The van der Waals surface area contributed by atoms with Gasteiger partial charge in [0.25, 0.3) is 5.91 Å². The van der Waals surface area contributed by atoms with Gasteiger partial charge in [-0.3, -0.25) is 9.59 Å². The fourth-order valence-corrected chi connectivity index (χ4v) is 4.22. The van der Waals surface area contributed by atoms with Crippen molar-refractivity contribution in [1.29, 1.82) is 0 Å². The Balaban J connectivity index is 1.73. The lowest BCUT2D eigenvalue weighted by Gasteiger charge is -2.22. The predicted molar refractivity (Wildman–Crippen MR) is 141 cm³/mol. The van der Waals surface area contributed by atoms with Crippen molar-refractivity contribution < 1.29 is 19.1 Å². The number of thioether (sulfide) groups is 1. The van der Waals surface area contributed by atoms with Crippen LogP contribution in [0.2, 0.25) is 0 Å². The lowest BCUT2D eigenvalue weighted by Crippen LogP contribution is -2.33. The van der Waals surface area contributed by atoms with Gasteiger partial charge in [-0.25, -0.2) is 0 Å². The average molecular weight is 510 g/mol. The summed E-state index contributed by atoms with van der Waals surface area (Å²) < 4.78 is 12.2. The zero-order valence-corrected chi connectivity index (χ0v) is 21.7. The molecule has 1 aromatic heterocycles. The zero-order chi connectivity index (χ0) is 26.1. The van der Waals surface area contributed by atoms with E-state index in [1.165, 1.54) is 11.8 Å². The van der Waals surface area contributed by atoms with E-state index in [-0.39, 0.29) is 23.5 Å². The number of carbonyl (C=O) groups excluding carboxylic acids is 2. The predicted octanol–water partition coefficient (Wildman–Crippen LogP) is 4.34. The van der Waals surface area contributed by atoms with Gasteiger partial charge < -0.3 is 24.7 Å². The molecule has 0 bridgehead atoms. The maximum absolute atomic E-state index is 12.9. The Morgan fingerprint density at radius 2 is 1.81 bits per heavy atom. The molecule has 0 aliphatic heterocycles. The summed E-state index contributed by atoms with van der Waals surface area (Å²) in [7, 11) is 3.15. The lowest BCUT2D eigenvalue weighted by atomic mass is 10.0. The van der Waals surface area contributed by atoms with Gasteiger partial charge in [0.1, 0.15) is 11.5 Å². The first-order chi connectivity index (χ1) is 17.4. The van der Waals surface area contributed by atoms with E-state index >= 15 is 0 Å². The monoisotopic (exact) mass is 509 g/mol. The number of nitrogens with zero attached hydrogens (tertiary/aromatic N) is 3. The van der Waals surface area contributed by atoms with Crippen LogP contribution >= 0.6 is 11.8 Å². The summed E-state index contributed by atoms with van der Waals surface area (Å²) >= 11 is 1.27. The van der Waals surface area contributed by atoms with E-state index in [1.807, 2.05) is 24.5 Å². The second-order valence-electron chi connectivity index (χ2n) is 8.23. The summed E-state index contributed by atoms with van der Waals surface area (Å²) in [5.41, 5.74) is 1.16. The minimum atomic E-state index is -0.396. The van der Waals surface area contributed by atoms with Gasteiger partial charge in [0.05, 0.1) is 26.0 Å². The Morgan fingerprint density at radius 3 is 2.44 bits per heavy atom. The van der Waals surface area contributed by atoms with Crippen LogP contribution in [0.15, 0.2) is 66.3 Å². The van der Waals surface area contributed by atoms with Crippen molar-refractivity contribution in [3.8, 4) is 11.5 Å². The van der Waals surface area contributed by atoms with E-state index < -0.39 is 6.04 Å². The van der Waals surface area contributed by atoms with Crippen LogP contribution in [0, 0.1) is 5.92 Å². The third kappa shape index (κ3) is 6.88. The SMILES string of the molecule is C=CCn1c(SCC(=O)Nc2cccc(OC)c2)nnc1C(NC(=O)c1ccc(OC)cc1)C(C)C. The molecule has 0 fully saturated rings. The van der Waals surface area contributed by atoms with Crippen molar-refractivity contribution in [2.45, 2.75) is 31.6 Å². The van der Waals surface area contributed by atoms with Crippen molar-refractivity contribution in [1.82, 2.24) is 20.1 Å². The number of benzene rings is 2. The number of allylic oxidation sites excluding steroid dienone is 1. The summed E-state index contributed by atoms with van der Waals surface area (Å²) in [6, 6.07) is 13.7. The molecule has 3 rings (SSSR count). The molecule has 9 nitrogen and oxygen atoms in total. The Labute approximate surface area is 215 Å². The number of methoxy groups -OCH3 is 2. The van der Waals surface area contributed by atoms with Gasteiger partial charge in [0.15, 0.2) is 11.0 Å². The molecule has 0 radical (unpaired) electrons. The largest absolute Gasteiger partial charge is 0.497 e. The van der Waals surface area contributed by atoms with Gasteiger partial charge in [-0.15, -0.1) is 16.8 Å². The van der Waals surface area contributed by atoms with Crippen LogP contribution in [-0.4, -0.2) is 46.6 Å². The molecule has 2 amide bonds. The minimum Gasteiger partial charge on any atom is -0.497 e. The summed E-state index contributed by atoms with van der Waals surface area (Å²) in [5, 5.41) is 15.2. The normalized spacial score (nSPS) is 11.6. The van der Waals surface area contributed by atoms with Crippen molar-refractivity contribution >= 4 is 29.3 Å². The molecular formula is C26H31N5O4S. The number of nitrogens with one attached hydrogen (secondary N) is 2. The molecular weight excluding hydrogens is 478 g/mol.